The molecule has 5 rings (SSSR count). The standard InChI is InChI=1S/C22H26N6O4S.C22H24N6O3S/c1-6-28-18(29)17(33-19(28)16(11-23)20(30)32-27-13(2)24)12-25-14-8-7-9-15(10-14)26-21(31)22(3,4)5;1-6-28-19(29)17(32-20(28)16(11-23)18-25-13(2)27-31-18)12-24-14-8-7-9-15(10-14)26-21(30)22(3,4)5/h7-10,12,25H,6H2,1-5H3,(H2,24,27)(H,26,31);7-10,12,24H,6H2,1-5H3,(H,26,30). The molecule has 0 aliphatic heterocycles. The molecular weight excluding hydrogens is 873 g/mol. The van der Waals surface area contributed by atoms with Crippen LogP contribution in [0.5, 0.6) is 0 Å². The lowest BCUT2D eigenvalue weighted by Gasteiger charge is -2.18. The van der Waals surface area contributed by atoms with Crippen LogP contribution >= 0.6 is 22.7 Å². The molecule has 2 aromatic carbocycles. The molecule has 6 N–H and O–H groups in total. The zero-order chi connectivity index (χ0) is 48.2. The summed E-state index contributed by atoms with van der Waals surface area (Å²) in [5.74, 6) is -0.732. The predicted octanol–water partition coefficient (Wildman–Crippen LogP) is 3.45. The Balaban J connectivity index is 0.000000285. The normalized spacial score (nSPS) is 13.1. The molecule has 0 aliphatic rings. The van der Waals surface area contributed by atoms with Gasteiger partial charge in [0.2, 0.25) is 11.8 Å². The smallest absolute Gasteiger partial charge is 0.379 e. The topological polar surface area (TPSA) is 277 Å². The van der Waals surface area contributed by atoms with Gasteiger partial charge in [0.05, 0.1) is 0 Å². The molecule has 0 bridgehead atoms. The van der Waals surface area contributed by atoms with Crippen molar-refractivity contribution in [1.82, 2.24) is 19.3 Å². The van der Waals surface area contributed by atoms with Crippen LogP contribution < -0.4 is 56.5 Å². The van der Waals surface area contributed by atoms with Crippen LogP contribution in [0.25, 0.3) is 23.5 Å². The molecule has 0 spiro atoms. The van der Waals surface area contributed by atoms with Gasteiger partial charge in [0, 0.05) is 59.1 Å². The number of aromatic nitrogens is 4. The van der Waals surface area contributed by atoms with E-state index in [1.54, 1.807) is 68.6 Å². The minimum absolute atomic E-state index is 0.0128. The van der Waals surface area contributed by atoms with E-state index in [2.05, 4.69) is 47.5 Å². The number of benzene rings is 2. The molecule has 2 amide bonds. The predicted molar refractivity (Wildman–Crippen MR) is 252 cm³/mol. The van der Waals surface area contributed by atoms with Gasteiger partial charge in [-0.2, -0.15) is 15.5 Å². The van der Waals surface area contributed by atoms with E-state index in [1.165, 1.54) is 22.3 Å². The maximum atomic E-state index is 12.9. The van der Waals surface area contributed by atoms with E-state index in [4.69, 9.17) is 10.3 Å². The van der Waals surface area contributed by atoms with E-state index in [0.717, 1.165) is 22.7 Å². The maximum Gasteiger partial charge on any atom is 0.379 e. The molecule has 0 saturated carbocycles. The summed E-state index contributed by atoms with van der Waals surface area (Å²) in [5, 5.41) is 38.0. The molecule has 19 nitrogen and oxygen atoms in total. The summed E-state index contributed by atoms with van der Waals surface area (Å²) in [4.78, 5) is 71.1. The third-order valence-electron chi connectivity index (χ3n) is 8.66. The van der Waals surface area contributed by atoms with Crippen molar-refractivity contribution in [2.24, 2.45) is 21.7 Å². The highest BCUT2D eigenvalue weighted by Gasteiger charge is 2.23. The third-order valence-corrected chi connectivity index (χ3v) is 10.9. The zero-order valence-electron chi connectivity index (χ0n) is 37.6. The number of oxime groups is 1. The van der Waals surface area contributed by atoms with Gasteiger partial charge in [-0.1, -0.05) is 64.0 Å². The monoisotopic (exact) mass is 922 g/mol. The van der Waals surface area contributed by atoms with Crippen molar-refractivity contribution in [3.8, 4) is 12.1 Å². The SMILES string of the molecule is CCn1c(=C(C#N)C(=O)ON=C(C)N)sc(=CNc2cccc(NC(=O)C(C)(C)C)c2)c1=O.CCn1c(=C(C#N)c2nc(C)no2)sc(=CNc2cccc(NC(=O)C(C)(C)C)c2)c1=O. The molecule has 0 saturated heterocycles. The Morgan fingerprint density at radius 3 is 1.68 bits per heavy atom. The number of amides is 2. The molecule has 0 atom stereocenters. The van der Waals surface area contributed by atoms with Crippen LogP contribution in [-0.4, -0.2) is 42.9 Å². The molecule has 21 heteroatoms. The molecule has 3 aromatic heterocycles. The number of hydrogen-bond acceptors (Lipinski definition) is 16. The molecule has 3 heterocycles. The lowest BCUT2D eigenvalue weighted by Crippen LogP contribution is -2.32. The van der Waals surface area contributed by atoms with Crippen LogP contribution in [-0.2, 0) is 32.3 Å². The van der Waals surface area contributed by atoms with Crippen LogP contribution in [0.15, 0.2) is 67.8 Å². The number of nitrogens with one attached hydrogen (secondary N) is 4. The van der Waals surface area contributed by atoms with E-state index in [1.807, 2.05) is 54.5 Å². The largest absolute Gasteiger partial charge is 0.385 e. The number of nitrogens with two attached hydrogens (primary N) is 1. The average molecular weight is 923 g/mol. The molecule has 5 aromatic rings. The highest BCUT2D eigenvalue weighted by atomic mass is 32.1. The van der Waals surface area contributed by atoms with Gasteiger partial charge in [0.1, 0.15) is 36.4 Å². The fraction of sp³-hybridized carbons (Fsp3) is 0.318. The third kappa shape index (κ3) is 13.2. The average Bonchev–Trinajstić information content (AvgIpc) is 3.92. The quantitative estimate of drug-likeness (QED) is 0.0550. The first-order valence-corrected chi connectivity index (χ1v) is 21.6. The first-order valence-electron chi connectivity index (χ1n) is 20.0. The van der Waals surface area contributed by atoms with Gasteiger partial charge in [0.15, 0.2) is 17.0 Å². The zero-order valence-corrected chi connectivity index (χ0v) is 39.2. The first-order chi connectivity index (χ1) is 30.6. The van der Waals surface area contributed by atoms with Crippen molar-refractivity contribution in [3.05, 3.63) is 99.3 Å². The number of anilines is 4. The number of hydrogen-bond donors (Lipinski definition) is 5. The number of aryl methyl sites for hydroxylation is 1. The summed E-state index contributed by atoms with van der Waals surface area (Å²) in [6.45, 7) is 18.2. The Kier molecular flexibility index (Phi) is 16.7. The van der Waals surface area contributed by atoms with Crippen LogP contribution in [0, 0.1) is 40.4 Å². The summed E-state index contributed by atoms with van der Waals surface area (Å²) in [7, 11) is 0. The van der Waals surface area contributed by atoms with Crippen LogP contribution in [0.3, 0.4) is 0 Å². The van der Waals surface area contributed by atoms with Crippen molar-refractivity contribution in [2.45, 2.75) is 82.3 Å². The first kappa shape index (κ1) is 50.0. The number of carbonyl (C=O) groups excluding carboxylic acids is 3. The summed E-state index contributed by atoms with van der Waals surface area (Å²) < 4.78 is 9.21. The molecule has 0 radical (unpaired) electrons. The maximum absolute atomic E-state index is 12.9. The second-order valence-electron chi connectivity index (χ2n) is 16.0. The Labute approximate surface area is 381 Å². The van der Waals surface area contributed by atoms with E-state index >= 15 is 0 Å². The van der Waals surface area contributed by atoms with Gasteiger partial charge in [-0.15, -0.1) is 22.7 Å². The Bertz CT molecular complexity index is 3090. The minimum Gasteiger partial charge on any atom is -0.385 e. The van der Waals surface area contributed by atoms with E-state index in [-0.39, 0.29) is 61.5 Å². The lowest BCUT2D eigenvalue weighted by molar-refractivity contribution is -0.136. The molecule has 340 valence electrons. The van der Waals surface area contributed by atoms with Gasteiger partial charge < -0.3 is 36.4 Å². The number of rotatable bonds is 11. The fourth-order valence-corrected chi connectivity index (χ4v) is 7.38. The Morgan fingerprint density at radius 1 is 0.815 bits per heavy atom. The molecule has 0 aliphatic carbocycles. The van der Waals surface area contributed by atoms with Gasteiger partial charge in [-0.05, 0) is 64.1 Å². The molecular formula is C44H50N12O7S2. The second-order valence-corrected chi connectivity index (χ2v) is 18.1. The molecule has 65 heavy (non-hydrogen) atoms. The number of amidine groups is 1. The minimum atomic E-state index is -1.01. The van der Waals surface area contributed by atoms with E-state index < -0.39 is 16.8 Å². The Hall–Kier alpha value is -7.62. The van der Waals surface area contributed by atoms with Gasteiger partial charge >= 0.3 is 5.97 Å². The van der Waals surface area contributed by atoms with Crippen LogP contribution in [0.2, 0.25) is 0 Å². The van der Waals surface area contributed by atoms with Crippen molar-refractivity contribution in [2.75, 3.05) is 21.3 Å². The van der Waals surface area contributed by atoms with Crippen molar-refractivity contribution in [3.63, 3.8) is 0 Å². The van der Waals surface area contributed by atoms with Gasteiger partial charge in [-0.25, -0.2) is 4.79 Å². The number of thiazole rings is 2. The lowest BCUT2D eigenvalue weighted by atomic mass is 9.95. The van der Waals surface area contributed by atoms with Gasteiger partial charge in [-0.3, -0.25) is 28.3 Å². The number of carbonyl (C=O) groups is 3. The van der Waals surface area contributed by atoms with Crippen molar-refractivity contribution >= 4 is 92.6 Å². The second kappa shape index (κ2) is 21.6. The summed E-state index contributed by atoms with van der Waals surface area (Å²) in [5.41, 5.74) is 6.07. The van der Waals surface area contributed by atoms with Crippen molar-refractivity contribution in [1.29, 1.82) is 10.5 Å². The molecule has 0 fully saturated rings. The Morgan fingerprint density at radius 2 is 1.28 bits per heavy atom. The number of nitrogens with zero attached hydrogens (tertiary/aromatic N) is 7. The van der Waals surface area contributed by atoms with Crippen molar-refractivity contribution < 1.29 is 23.7 Å². The summed E-state index contributed by atoms with van der Waals surface area (Å²) >= 11 is 2.13. The molecule has 0 unspecified atom stereocenters. The highest BCUT2D eigenvalue weighted by molar-refractivity contribution is 7.07. The summed E-state index contributed by atoms with van der Waals surface area (Å²) in [6.07, 6.45) is 3.07. The summed E-state index contributed by atoms with van der Waals surface area (Å²) in [6, 6.07) is 18.1. The van der Waals surface area contributed by atoms with Gasteiger partial charge in [0.25, 0.3) is 17.0 Å². The number of nitriles is 2. The van der Waals surface area contributed by atoms with Crippen LogP contribution in [0.4, 0.5) is 22.7 Å². The fourth-order valence-electron chi connectivity index (χ4n) is 5.22. The van der Waals surface area contributed by atoms with E-state index in [0.29, 0.717) is 44.3 Å². The van der Waals surface area contributed by atoms with E-state index in [9.17, 15) is 34.5 Å². The van der Waals surface area contributed by atoms with Crippen LogP contribution in [0.1, 0.15) is 74.0 Å². The highest BCUT2D eigenvalue weighted by Crippen LogP contribution is 2.21.